The Hall–Kier alpha value is -1.35. The molecule has 0 aliphatic rings. The Bertz CT molecular complexity index is 431. The number of rotatable bonds is 3. The zero-order chi connectivity index (χ0) is 9.97. The van der Waals surface area contributed by atoms with Gasteiger partial charge in [-0.15, -0.1) is 0 Å². The first-order valence-corrected chi connectivity index (χ1v) is 4.95. The van der Waals surface area contributed by atoms with Gasteiger partial charge in [0.1, 0.15) is 0 Å². The Morgan fingerprint density at radius 1 is 1.43 bits per heavy atom. The van der Waals surface area contributed by atoms with Crippen molar-refractivity contribution >= 4 is 5.52 Å². The predicted molar refractivity (Wildman–Crippen MR) is 57.3 cm³/mol. The molecule has 2 aromatic heterocycles. The van der Waals surface area contributed by atoms with Gasteiger partial charge in [0, 0.05) is 5.69 Å². The van der Waals surface area contributed by atoms with Crippen LogP contribution in [-0.4, -0.2) is 16.2 Å². The number of nitrogens with zero attached hydrogens (tertiary/aromatic N) is 2. The van der Waals surface area contributed by atoms with Crippen LogP contribution in [0.2, 0.25) is 0 Å². The average molecular weight is 189 g/mol. The fourth-order valence-electron chi connectivity index (χ4n) is 1.67. The zero-order valence-corrected chi connectivity index (χ0v) is 8.40. The maximum Gasteiger partial charge on any atom is 0.0667 e. The van der Waals surface area contributed by atoms with E-state index < -0.39 is 0 Å². The topological polar surface area (TPSA) is 43.3 Å². The molecule has 0 saturated heterocycles. The molecule has 0 spiro atoms. The maximum atomic E-state index is 5.50. The van der Waals surface area contributed by atoms with E-state index in [4.69, 9.17) is 5.73 Å². The average Bonchev–Trinajstić information content (AvgIpc) is 2.55. The van der Waals surface area contributed by atoms with Crippen LogP contribution in [0.25, 0.3) is 5.52 Å². The summed E-state index contributed by atoms with van der Waals surface area (Å²) in [6, 6.07) is 8.34. The molecule has 0 aromatic carbocycles. The molecule has 14 heavy (non-hydrogen) atoms. The normalized spacial score (nSPS) is 11.0. The first kappa shape index (κ1) is 9.21. The third kappa shape index (κ3) is 1.63. The summed E-state index contributed by atoms with van der Waals surface area (Å²) in [6.07, 6.45) is 2.01. The Morgan fingerprint density at radius 3 is 3.07 bits per heavy atom. The lowest BCUT2D eigenvalue weighted by molar-refractivity contribution is 0.763. The summed E-state index contributed by atoms with van der Waals surface area (Å²) in [4.78, 5) is 0. The van der Waals surface area contributed by atoms with E-state index in [9.17, 15) is 0 Å². The summed E-state index contributed by atoms with van der Waals surface area (Å²) in [5.41, 5.74) is 8.96. The van der Waals surface area contributed by atoms with Crippen LogP contribution in [0.1, 0.15) is 17.8 Å². The molecule has 74 valence electrons. The van der Waals surface area contributed by atoms with E-state index in [1.54, 1.807) is 0 Å². The van der Waals surface area contributed by atoms with Crippen molar-refractivity contribution in [1.29, 1.82) is 0 Å². The fourth-order valence-corrected chi connectivity index (χ4v) is 1.67. The van der Waals surface area contributed by atoms with E-state index in [2.05, 4.69) is 29.4 Å². The summed E-state index contributed by atoms with van der Waals surface area (Å²) >= 11 is 0. The summed E-state index contributed by atoms with van der Waals surface area (Å²) in [6.45, 7) is 2.75. The maximum absolute atomic E-state index is 5.50. The zero-order valence-electron chi connectivity index (χ0n) is 8.40. The second-order valence-electron chi connectivity index (χ2n) is 3.53. The largest absolute Gasteiger partial charge is 0.330 e. The van der Waals surface area contributed by atoms with Gasteiger partial charge < -0.3 is 5.73 Å². The van der Waals surface area contributed by atoms with Crippen molar-refractivity contribution in [2.24, 2.45) is 5.73 Å². The van der Waals surface area contributed by atoms with Crippen molar-refractivity contribution in [3.05, 3.63) is 35.7 Å². The van der Waals surface area contributed by atoms with Crippen LogP contribution >= 0.6 is 0 Å². The van der Waals surface area contributed by atoms with E-state index >= 15 is 0 Å². The number of nitrogens with two attached hydrogens (primary N) is 1. The Labute approximate surface area is 83.5 Å². The second kappa shape index (κ2) is 3.80. The van der Waals surface area contributed by atoms with Gasteiger partial charge in [-0.25, -0.2) is 4.52 Å². The lowest BCUT2D eigenvalue weighted by Crippen LogP contribution is -2.04. The molecule has 2 rings (SSSR count). The van der Waals surface area contributed by atoms with Crippen LogP contribution < -0.4 is 5.73 Å². The molecule has 2 heterocycles. The van der Waals surface area contributed by atoms with Crippen molar-refractivity contribution in [3.63, 3.8) is 0 Å². The molecule has 0 saturated carbocycles. The fraction of sp³-hybridized carbons (Fsp3) is 0.364. The standard InChI is InChI=1S/C11H15N3/c1-9-8-11-5-2-4-10(6-3-7-12)14(11)13-9/h2,4-5,8H,3,6-7,12H2,1H3. The predicted octanol–water partition coefficient (Wildman–Crippen LogP) is 1.53. The van der Waals surface area contributed by atoms with Crippen molar-refractivity contribution in [2.75, 3.05) is 6.54 Å². The molecule has 0 aliphatic carbocycles. The molecular formula is C11H15N3. The number of fused-ring (bicyclic) bond motifs is 1. The lowest BCUT2D eigenvalue weighted by atomic mass is 10.2. The molecule has 0 atom stereocenters. The highest BCUT2D eigenvalue weighted by Gasteiger charge is 2.01. The minimum absolute atomic E-state index is 0.733. The van der Waals surface area contributed by atoms with Crippen LogP contribution in [0.15, 0.2) is 24.3 Å². The lowest BCUT2D eigenvalue weighted by Gasteiger charge is -2.02. The molecule has 3 nitrogen and oxygen atoms in total. The molecule has 0 amide bonds. The summed E-state index contributed by atoms with van der Waals surface area (Å²) in [5.74, 6) is 0. The number of aryl methyl sites for hydroxylation is 2. The van der Waals surface area contributed by atoms with Crippen molar-refractivity contribution in [1.82, 2.24) is 9.61 Å². The number of hydrogen-bond acceptors (Lipinski definition) is 2. The SMILES string of the molecule is Cc1cc2cccc(CCCN)n2n1. The molecule has 0 fully saturated rings. The second-order valence-corrected chi connectivity index (χ2v) is 3.53. The number of aromatic nitrogens is 2. The van der Waals surface area contributed by atoms with Crippen molar-refractivity contribution < 1.29 is 0 Å². The Balaban J connectivity index is 2.42. The molecule has 0 unspecified atom stereocenters. The summed E-state index contributed by atoms with van der Waals surface area (Å²) < 4.78 is 2.00. The first-order valence-electron chi connectivity index (χ1n) is 4.95. The quantitative estimate of drug-likeness (QED) is 0.795. The highest BCUT2D eigenvalue weighted by Crippen LogP contribution is 2.10. The highest BCUT2D eigenvalue weighted by molar-refractivity contribution is 5.48. The third-order valence-corrected chi connectivity index (χ3v) is 2.32. The van der Waals surface area contributed by atoms with E-state index in [1.165, 1.54) is 5.69 Å². The van der Waals surface area contributed by atoms with Gasteiger partial charge in [-0.05, 0) is 44.5 Å². The van der Waals surface area contributed by atoms with E-state index in [-0.39, 0.29) is 0 Å². The summed E-state index contributed by atoms with van der Waals surface area (Å²) in [5, 5.41) is 4.44. The van der Waals surface area contributed by atoms with Crippen LogP contribution in [0.3, 0.4) is 0 Å². The monoisotopic (exact) mass is 189 g/mol. The first-order chi connectivity index (χ1) is 6.81. The van der Waals surface area contributed by atoms with E-state index in [0.717, 1.165) is 30.6 Å². The van der Waals surface area contributed by atoms with Gasteiger partial charge in [-0.1, -0.05) is 6.07 Å². The van der Waals surface area contributed by atoms with Gasteiger partial charge in [-0.2, -0.15) is 5.10 Å². The number of hydrogen-bond donors (Lipinski definition) is 1. The molecule has 2 aromatic rings. The smallest absolute Gasteiger partial charge is 0.0667 e. The summed E-state index contributed by atoms with van der Waals surface area (Å²) in [7, 11) is 0. The van der Waals surface area contributed by atoms with Crippen LogP contribution in [-0.2, 0) is 6.42 Å². The number of pyridine rings is 1. The van der Waals surface area contributed by atoms with Gasteiger partial charge in [0.2, 0.25) is 0 Å². The van der Waals surface area contributed by atoms with Gasteiger partial charge in [0.25, 0.3) is 0 Å². The minimum Gasteiger partial charge on any atom is -0.330 e. The molecule has 0 bridgehead atoms. The highest BCUT2D eigenvalue weighted by atomic mass is 15.2. The molecule has 0 radical (unpaired) electrons. The molecule has 2 N–H and O–H groups in total. The van der Waals surface area contributed by atoms with Gasteiger partial charge in [-0.3, -0.25) is 0 Å². The molecule has 0 aliphatic heterocycles. The van der Waals surface area contributed by atoms with Crippen molar-refractivity contribution in [2.45, 2.75) is 19.8 Å². The minimum atomic E-state index is 0.733. The molecule has 3 heteroatoms. The van der Waals surface area contributed by atoms with Gasteiger partial charge in [0.05, 0.1) is 11.2 Å². The Kier molecular flexibility index (Phi) is 2.50. The Morgan fingerprint density at radius 2 is 2.29 bits per heavy atom. The van der Waals surface area contributed by atoms with Crippen molar-refractivity contribution in [3.8, 4) is 0 Å². The third-order valence-electron chi connectivity index (χ3n) is 2.32. The van der Waals surface area contributed by atoms with Crippen LogP contribution in [0, 0.1) is 6.92 Å². The van der Waals surface area contributed by atoms with E-state index in [1.807, 2.05) is 11.4 Å². The van der Waals surface area contributed by atoms with Gasteiger partial charge >= 0.3 is 0 Å². The van der Waals surface area contributed by atoms with Crippen LogP contribution in [0.5, 0.6) is 0 Å². The van der Waals surface area contributed by atoms with Gasteiger partial charge in [0.15, 0.2) is 0 Å². The van der Waals surface area contributed by atoms with E-state index in [0.29, 0.717) is 0 Å². The van der Waals surface area contributed by atoms with Crippen LogP contribution in [0.4, 0.5) is 0 Å². The molecular weight excluding hydrogens is 174 g/mol.